The van der Waals surface area contributed by atoms with Gasteiger partial charge in [0.05, 0.1) is 15.4 Å². The van der Waals surface area contributed by atoms with E-state index in [1.54, 1.807) is 6.07 Å². The van der Waals surface area contributed by atoms with Crippen LogP contribution < -0.4 is 5.32 Å². The van der Waals surface area contributed by atoms with E-state index in [1.807, 2.05) is 19.1 Å². The quantitative estimate of drug-likeness (QED) is 0.793. The van der Waals surface area contributed by atoms with Crippen molar-refractivity contribution in [3.8, 4) is 0 Å². The fraction of sp³-hybridized carbons (Fsp3) is 0.375. The van der Waals surface area contributed by atoms with E-state index in [2.05, 4.69) is 10.2 Å². The molecule has 126 valence electrons. The zero-order chi connectivity index (χ0) is 15.7. The Kier molecular flexibility index (Phi) is 6.72. The summed E-state index contributed by atoms with van der Waals surface area (Å²) in [5.74, 6) is -0.261. The molecule has 1 aliphatic heterocycles. The molecule has 1 aromatic heterocycles. The molecule has 3 rings (SSSR count). The van der Waals surface area contributed by atoms with Crippen LogP contribution in [0.15, 0.2) is 24.3 Å². The van der Waals surface area contributed by atoms with Crippen LogP contribution in [-0.2, 0) is 0 Å². The van der Waals surface area contributed by atoms with Crippen molar-refractivity contribution in [2.45, 2.75) is 13.0 Å². The Balaban J connectivity index is 0.00000192. The summed E-state index contributed by atoms with van der Waals surface area (Å²) in [5.41, 5.74) is 1.45. The Labute approximate surface area is 156 Å². The van der Waals surface area contributed by atoms with Gasteiger partial charge >= 0.3 is 0 Å². The lowest BCUT2D eigenvalue weighted by Crippen LogP contribution is -2.45. The zero-order valence-corrected chi connectivity index (χ0v) is 15.8. The molecule has 0 unspecified atom stereocenters. The third-order valence-corrected chi connectivity index (χ3v) is 5.76. The Bertz CT molecular complexity index is 671. The van der Waals surface area contributed by atoms with Gasteiger partial charge in [-0.25, -0.2) is 4.39 Å². The number of hydrogen-bond donors (Lipinski definition) is 1. The lowest BCUT2D eigenvalue weighted by Gasteiger charge is -2.35. The van der Waals surface area contributed by atoms with E-state index in [1.165, 1.54) is 17.4 Å². The smallest absolute Gasteiger partial charge is 0.129 e. The predicted octanol–water partition coefficient (Wildman–Crippen LogP) is 4.92. The van der Waals surface area contributed by atoms with Gasteiger partial charge in [0.25, 0.3) is 0 Å². The molecule has 0 aliphatic carbocycles. The van der Waals surface area contributed by atoms with Gasteiger partial charge in [0.15, 0.2) is 0 Å². The van der Waals surface area contributed by atoms with E-state index >= 15 is 0 Å². The highest BCUT2D eigenvalue weighted by Crippen LogP contribution is 2.40. The number of piperazine rings is 1. The first-order valence-corrected chi connectivity index (χ1v) is 8.79. The number of benzene rings is 1. The Morgan fingerprint density at radius 2 is 1.87 bits per heavy atom. The molecule has 7 heteroatoms. The summed E-state index contributed by atoms with van der Waals surface area (Å²) in [7, 11) is 0. The maximum absolute atomic E-state index is 14.6. The van der Waals surface area contributed by atoms with Crippen molar-refractivity contribution in [3.05, 3.63) is 55.4 Å². The summed E-state index contributed by atoms with van der Waals surface area (Å²) in [6.07, 6.45) is 0. The average molecular weight is 396 g/mol. The molecule has 0 amide bonds. The summed E-state index contributed by atoms with van der Waals surface area (Å²) in [4.78, 5) is 3.29. The molecule has 1 aliphatic rings. The van der Waals surface area contributed by atoms with Crippen LogP contribution in [0.4, 0.5) is 4.39 Å². The molecule has 2 heterocycles. The van der Waals surface area contributed by atoms with Gasteiger partial charge in [-0.1, -0.05) is 29.3 Å². The second kappa shape index (κ2) is 8.15. The molecular formula is C16H18Cl3FN2S. The molecule has 23 heavy (non-hydrogen) atoms. The molecule has 2 nitrogen and oxygen atoms in total. The monoisotopic (exact) mass is 394 g/mol. The molecule has 0 bridgehead atoms. The summed E-state index contributed by atoms with van der Waals surface area (Å²) in [6, 6.07) is 6.86. The number of rotatable bonds is 3. The van der Waals surface area contributed by atoms with Crippen molar-refractivity contribution < 1.29 is 4.39 Å². The van der Waals surface area contributed by atoms with Crippen LogP contribution in [0.5, 0.6) is 0 Å². The van der Waals surface area contributed by atoms with Crippen LogP contribution in [0.3, 0.4) is 0 Å². The second-order valence-corrected chi connectivity index (χ2v) is 7.55. The summed E-state index contributed by atoms with van der Waals surface area (Å²) < 4.78 is 15.3. The molecule has 1 aromatic carbocycles. The second-order valence-electron chi connectivity index (χ2n) is 5.42. The molecule has 0 radical (unpaired) electrons. The highest BCUT2D eigenvalue weighted by molar-refractivity contribution is 7.16. The predicted molar refractivity (Wildman–Crippen MR) is 99.0 cm³/mol. The number of aryl methyl sites for hydroxylation is 1. The fourth-order valence-electron chi connectivity index (χ4n) is 2.85. The first-order chi connectivity index (χ1) is 10.6. The van der Waals surface area contributed by atoms with Crippen LogP contribution in [0, 0.1) is 12.7 Å². The molecule has 1 N–H and O–H groups in total. The maximum Gasteiger partial charge on any atom is 0.129 e. The topological polar surface area (TPSA) is 15.3 Å². The summed E-state index contributed by atoms with van der Waals surface area (Å²) >= 11 is 14.0. The van der Waals surface area contributed by atoms with E-state index in [0.717, 1.165) is 36.6 Å². The van der Waals surface area contributed by atoms with Crippen LogP contribution in [0.1, 0.15) is 22.0 Å². The molecular weight excluding hydrogens is 378 g/mol. The van der Waals surface area contributed by atoms with E-state index in [-0.39, 0.29) is 24.3 Å². The van der Waals surface area contributed by atoms with Crippen molar-refractivity contribution in [2.24, 2.45) is 0 Å². The van der Waals surface area contributed by atoms with Crippen molar-refractivity contribution in [2.75, 3.05) is 26.2 Å². The third kappa shape index (κ3) is 4.01. The van der Waals surface area contributed by atoms with Gasteiger partial charge in [0.1, 0.15) is 5.82 Å². The van der Waals surface area contributed by atoms with Gasteiger partial charge in [-0.2, -0.15) is 0 Å². The van der Waals surface area contributed by atoms with Gasteiger partial charge in [-0.05, 0) is 30.7 Å². The standard InChI is InChI=1S/C16H17Cl2FN2S.ClH/c1-10-2-3-11(19)14(15(10)18)16(12-4-5-13(17)22-12)21-8-6-20-7-9-21;/h2-5,16,20H,6-9H2,1H3;1H/t16-;/m1./s1. The van der Waals surface area contributed by atoms with Gasteiger partial charge in [0, 0.05) is 36.6 Å². The van der Waals surface area contributed by atoms with E-state index < -0.39 is 0 Å². The number of nitrogens with one attached hydrogen (secondary N) is 1. The summed E-state index contributed by atoms with van der Waals surface area (Å²) in [5, 5.41) is 3.83. The van der Waals surface area contributed by atoms with Crippen molar-refractivity contribution >= 4 is 46.9 Å². The lowest BCUT2D eigenvalue weighted by atomic mass is 9.99. The molecule has 1 atom stereocenters. The van der Waals surface area contributed by atoms with Crippen LogP contribution >= 0.6 is 46.9 Å². The molecule has 1 fully saturated rings. The van der Waals surface area contributed by atoms with Crippen LogP contribution in [-0.4, -0.2) is 31.1 Å². The first-order valence-electron chi connectivity index (χ1n) is 7.22. The SMILES string of the molecule is Cc1ccc(F)c([C@@H](c2ccc(Cl)s2)N2CCNCC2)c1Cl.Cl. The summed E-state index contributed by atoms with van der Waals surface area (Å²) in [6.45, 7) is 5.39. The number of thiophene rings is 1. The van der Waals surface area contributed by atoms with E-state index in [9.17, 15) is 4.39 Å². The first kappa shape index (κ1) is 19.0. The van der Waals surface area contributed by atoms with Crippen LogP contribution in [0.2, 0.25) is 9.36 Å². The maximum atomic E-state index is 14.6. The average Bonchev–Trinajstić information content (AvgIpc) is 2.94. The normalized spacial score (nSPS) is 16.9. The highest BCUT2D eigenvalue weighted by atomic mass is 35.5. The Hall–Kier alpha value is -0.360. The third-order valence-electron chi connectivity index (χ3n) is 3.97. The molecule has 1 saturated heterocycles. The van der Waals surface area contributed by atoms with E-state index in [0.29, 0.717) is 14.9 Å². The lowest BCUT2D eigenvalue weighted by molar-refractivity contribution is 0.197. The van der Waals surface area contributed by atoms with Crippen molar-refractivity contribution in [1.29, 1.82) is 0 Å². The van der Waals surface area contributed by atoms with E-state index in [4.69, 9.17) is 23.2 Å². The molecule has 2 aromatic rings. The van der Waals surface area contributed by atoms with Crippen molar-refractivity contribution in [3.63, 3.8) is 0 Å². The van der Waals surface area contributed by atoms with Crippen molar-refractivity contribution in [1.82, 2.24) is 10.2 Å². The minimum atomic E-state index is -0.261. The number of halogens is 4. The minimum absolute atomic E-state index is 0. The van der Waals surface area contributed by atoms with Gasteiger partial charge < -0.3 is 5.32 Å². The highest BCUT2D eigenvalue weighted by Gasteiger charge is 2.30. The number of nitrogens with zero attached hydrogens (tertiary/aromatic N) is 1. The number of hydrogen-bond acceptors (Lipinski definition) is 3. The van der Waals surface area contributed by atoms with Gasteiger partial charge in [-0.15, -0.1) is 23.7 Å². The Morgan fingerprint density at radius 3 is 2.48 bits per heavy atom. The zero-order valence-electron chi connectivity index (χ0n) is 12.6. The largest absolute Gasteiger partial charge is 0.314 e. The van der Waals surface area contributed by atoms with Gasteiger partial charge in [-0.3, -0.25) is 4.90 Å². The fourth-order valence-corrected chi connectivity index (χ4v) is 4.31. The van der Waals surface area contributed by atoms with Crippen LogP contribution in [0.25, 0.3) is 0 Å². The molecule has 0 spiro atoms. The molecule has 0 saturated carbocycles. The Morgan fingerprint density at radius 1 is 1.17 bits per heavy atom. The minimum Gasteiger partial charge on any atom is -0.314 e. The van der Waals surface area contributed by atoms with Gasteiger partial charge in [0.2, 0.25) is 0 Å².